The molecule has 1 heterocycles. The molecule has 98 valence electrons. The third-order valence-corrected chi connectivity index (χ3v) is 3.67. The Hall–Kier alpha value is -1.35. The molecule has 1 fully saturated rings. The maximum atomic E-state index is 12.3. The van der Waals surface area contributed by atoms with Crippen molar-refractivity contribution in [3.8, 4) is 0 Å². The van der Waals surface area contributed by atoms with Crippen LogP contribution in [0.15, 0.2) is 24.3 Å². The summed E-state index contributed by atoms with van der Waals surface area (Å²) in [5.74, 6) is 0.521. The Morgan fingerprint density at radius 3 is 2.61 bits per heavy atom. The van der Waals surface area contributed by atoms with Crippen LogP contribution in [-0.4, -0.2) is 35.1 Å². The molecule has 0 spiro atoms. The Bertz CT molecular complexity index is 411. The predicted octanol–water partition coefficient (Wildman–Crippen LogP) is 2.41. The number of hydrogen-bond donors (Lipinski definition) is 1. The van der Waals surface area contributed by atoms with Gasteiger partial charge in [0.1, 0.15) is 0 Å². The lowest BCUT2D eigenvalue weighted by Crippen LogP contribution is -2.37. The summed E-state index contributed by atoms with van der Waals surface area (Å²) in [6.07, 6.45) is 1.90. The zero-order chi connectivity index (χ0) is 13.1. The summed E-state index contributed by atoms with van der Waals surface area (Å²) in [6.45, 7) is 5.10. The number of aliphatic hydroxyl groups excluding tert-OH is 1. The minimum atomic E-state index is 0.00211. The largest absolute Gasteiger partial charge is 0.394 e. The van der Waals surface area contributed by atoms with Gasteiger partial charge in [-0.1, -0.05) is 26.0 Å². The van der Waals surface area contributed by atoms with Crippen LogP contribution in [0.1, 0.15) is 48.5 Å². The molecule has 0 radical (unpaired) electrons. The van der Waals surface area contributed by atoms with Gasteiger partial charge in [-0.3, -0.25) is 4.79 Å². The highest BCUT2D eigenvalue weighted by Crippen LogP contribution is 2.21. The average Bonchev–Trinajstić information content (AvgIpc) is 2.86. The standard InChI is InChI=1S/C15H21NO2/c1-11(2)12-5-7-13(8-6-12)15(18)16-9-3-4-14(16)10-17/h5-8,11,14,17H,3-4,9-10H2,1-2H3. The summed E-state index contributed by atoms with van der Waals surface area (Å²) in [7, 11) is 0. The Morgan fingerprint density at radius 2 is 2.06 bits per heavy atom. The van der Waals surface area contributed by atoms with Crippen LogP contribution >= 0.6 is 0 Å². The molecule has 0 aliphatic carbocycles. The number of nitrogens with zero attached hydrogens (tertiary/aromatic N) is 1. The van der Waals surface area contributed by atoms with E-state index < -0.39 is 0 Å². The van der Waals surface area contributed by atoms with Gasteiger partial charge in [0.15, 0.2) is 0 Å². The Balaban J connectivity index is 2.13. The van der Waals surface area contributed by atoms with Gasteiger partial charge in [0, 0.05) is 12.1 Å². The van der Waals surface area contributed by atoms with Crippen molar-refractivity contribution < 1.29 is 9.90 Å². The van der Waals surface area contributed by atoms with Gasteiger partial charge >= 0.3 is 0 Å². The second kappa shape index (κ2) is 5.53. The first-order valence-corrected chi connectivity index (χ1v) is 6.65. The molecule has 1 aromatic rings. The number of carbonyl (C=O) groups excluding carboxylic acids is 1. The van der Waals surface area contributed by atoms with E-state index in [2.05, 4.69) is 13.8 Å². The highest BCUT2D eigenvalue weighted by molar-refractivity contribution is 5.94. The van der Waals surface area contributed by atoms with Gasteiger partial charge in [0.05, 0.1) is 12.6 Å². The van der Waals surface area contributed by atoms with E-state index in [-0.39, 0.29) is 18.6 Å². The molecule has 1 atom stereocenters. The van der Waals surface area contributed by atoms with Crippen molar-refractivity contribution in [3.63, 3.8) is 0 Å². The van der Waals surface area contributed by atoms with E-state index in [1.165, 1.54) is 5.56 Å². The number of amides is 1. The molecule has 1 saturated heterocycles. The van der Waals surface area contributed by atoms with Gasteiger partial charge in [-0.2, -0.15) is 0 Å². The zero-order valence-electron chi connectivity index (χ0n) is 11.1. The molecule has 1 unspecified atom stereocenters. The highest BCUT2D eigenvalue weighted by atomic mass is 16.3. The minimum absolute atomic E-state index is 0.00211. The van der Waals surface area contributed by atoms with Gasteiger partial charge in [0.2, 0.25) is 0 Å². The van der Waals surface area contributed by atoms with Crippen LogP contribution in [0.25, 0.3) is 0 Å². The Kier molecular flexibility index (Phi) is 4.02. The number of hydrogen-bond acceptors (Lipinski definition) is 2. The fraction of sp³-hybridized carbons (Fsp3) is 0.533. The monoisotopic (exact) mass is 247 g/mol. The molecule has 2 rings (SSSR count). The van der Waals surface area contributed by atoms with E-state index in [4.69, 9.17) is 0 Å². The fourth-order valence-electron chi connectivity index (χ4n) is 2.47. The fourth-order valence-corrected chi connectivity index (χ4v) is 2.47. The van der Waals surface area contributed by atoms with Crippen molar-refractivity contribution >= 4 is 5.91 Å². The first-order valence-electron chi connectivity index (χ1n) is 6.65. The first-order chi connectivity index (χ1) is 8.63. The predicted molar refractivity (Wildman–Crippen MR) is 71.7 cm³/mol. The van der Waals surface area contributed by atoms with E-state index >= 15 is 0 Å². The molecule has 1 N–H and O–H groups in total. The average molecular weight is 247 g/mol. The SMILES string of the molecule is CC(C)c1ccc(C(=O)N2CCCC2CO)cc1. The lowest BCUT2D eigenvalue weighted by Gasteiger charge is -2.23. The quantitative estimate of drug-likeness (QED) is 0.891. The number of rotatable bonds is 3. The molecule has 1 aromatic carbocycles. The summed E-state index contributed by atoms with van der Waals surface area (Å²) in [5, 5.41) is 9.26. The Labute approximate surface area is 108 Å². The van der Waals surface area contributed by atoms with Crippen LogP contribution in [0.2, 0.25) is 0 Å². The molecular weight excluding hydrogens is 226 g/mol. The number of carbonyl (C=O) groups is 1. The van der Waals surface area contributed by atoms with Gasteiger partial charge in [-0.25, -0.2) is 0 Å². The smallest absolute Gasteiger partial charge is 0.254 e. The molecule has 1 aliphatic heterocycles. The van der Waals surface area contributed by atoms with E-state index in [9.17, 15) is 9.90 Å². The minimum Gasteiger partial charge on any atom is -0.394 e. The molecule has 1 amide bonds. The van der Waals surface area contributed by atoms with E-state index in [0.717, 1.165) is 24.9 Å². The van der Waals surface area contributed by atoms with Crippen molar-refractivity contribution in [2.75, 3.05) is 13.2 Å². The number of aliphatic hydroxyl groups is 1. The first kappa shape index (κ1) is 13.1. The zero-order valence-corrected chi connectivity index (χ0v) is 11.1. The van der Waals surface area contributed by atoms with Gasteiger partial charge in [-0.15, -0.1) is 0 Å². The van der Waals surface area contributed by atoms with Crippen LogP contribution in [0.5, 0.6) is 0 Å². The highest BCUT2D eigenvalue weighted by Gasteiger charge is 2.28. The summed E-state index contributed by atoms with van der Waals surface area (Å²) in [6, 6.07) is 7.82. The summed E-state index contributed by atoms with van der Waals surface area (Å²) < 4.78 is 0. The molecule has 0 aromatic heterocycles. The van der Waals surface area contributed by atoms with E-state index in [1.807, 2.05) is 24.3 Å². The van der Waals surface area contributed by atoms with Crippen molar-refractivity contribution in [2.24, 2.45) is 0 Å². The van der Waals surface area contributed by atoms with Crippen molar-refractivity contribution in [1.29, 1.82) is 0 Å². The third kappa shape index (κ3) is 2.56. The van der Waals surface area contributed by atoms with E-state index in [0.29, 0.717) is 5.92 Å². The molecule has 3 nitrogen and oxygen atoms in total. The van der Waals surface area contributed by atoms with Crippen molar-refractivity contribution in [2.45, 2.75) is 38.6 Å². The van der Waals surface area contributed by atoms with Crippen molar-refractivity contribution in [1.82, 2.24) is 4.90 Å². The van der Waals surface area contributed by atoms with Crippen LogP contribution in [0.4, 0.5) is 0 Å². The van der Waals surface area contributed by atoms with Crippen LogP contribution in [0.3, 0.4) is 0 Å². The second-order valence-corrected chi connectivity index (χ2v) is 5.25. The second-order valence-electron chi connectivity index (χ2n) is 5.25. The van der Waals surface area contributed by atoms with Crippen LogP contribution in [-0.2, 0) is 0 Å². The molecule has 0 bridgehead atoms. The van der Waals surface area contributed by atoms with Gasteiger partial charge in [-0.05, 0) is 36.5 Å². The van der Waals surface area contributed by atoms with Gasteiger partial charge < -0.3 is 10.0 Å². The molecule has 3 heteroatoms. The third-order valence-electron chi connectivity index (χ3n) is 3.67. The van der Waals surface area contributed by atoms with Crippen LogP contribution in [0, 0.1) is 0 Å². The number of likely N-dealkylation sites (tertiary alicyclic amines) is 1. The van der Waals surface area contributed by atoms with Crippen LogP contribution < -0.4 is 0 Å². The molecular formula is C15H21NO2. The summed E-state index contributed by atoms with van der Waals surface area (Å²) in [5.41, 5.74) is 1.96. The molecule has 0 saturated carbocycles. The van der Waals surface area contributed by atoms with Crippen molar-refractivity contribution in [3.05, 3.63) is 35.4 Å². The number of benzene rings is 1. The maximum Gasteiger partial charge on any atom is 0.254 e. The topological polar surface area (TPSA) is 40.5 Å². The summed E-state index contributed by atoms with van der Waals surface area (Å²) in [4.78, 5) is 14.1. The van der Waals surface area contributed by atoms with Gasteiger partial charge in [0.25, 0.3) is 5.91 Å². The van der Waals surface area contributed by atoms with E-state index in [1.54, 1.807) is 4.90 Å². The maximum absolute atomic E-state index is 12.3. The summed E-state index contributed by atoms with van der Waals surface area (Å²) >= 11 is 0. The Morgan fingerprint density at radius 1 is 1.39 bits per heavy atom. The lowest BCUT2D eigenvalue weighted by molar-refractivity contribution is 0.0677. The molecule has 18 heavy (non-hydrogen) atoms. The normalized spacial score (nSPS) is 19.6. The lowest BCUT2D eigenvalue weighted by atomic mass is 10.0. The molecule has 1 aliphatic rings.